The highest BCUT2D eigenvalue weighted by Gasteiger charge is 2.59. The molecule has 4 aromatic carbocycles. The van der Waals surface area contributed by atoms with Crippen molar-refractivity contribution < 1.29 is 28.8 Å². The lowest BCUT2D eigenvalue weighted by atomic mass is 9.79. The zero-order valence-corrected chi connectivity index (χ0v) is 44.0. The van der Waals surface area contributed by atoms with Gasteiger partial charge in [0.05, 0.1) is 23.0 Å². The molecular formula is C59H64N10O6. The molecular weight excluding hydrogens is 945 g/mol. The number of nitrogens with one attached hydrogen (secondary N) is 3. The fourth-order valence-corrected chi connectivity index (χ4v) is 11.9. The molecule has 0 unspecified atom stereocenters. The van der Waals surface area contributed by atoms with Crippen LogP contribution in [0.15, 0.2) is 97.1 Å². The van der Waals surface area contributed by atoms with Crippen molar-refractivity contribution in [3.05, 3.63) is 131 Å². The van der Waals surface area contributed by atoms with E-state index in [0.717, 1.165) is 55.4 Å². The minimum atomic E-state index is -0.966. The van der Waals surface area contributed by atoms with Gasteiger partial charge in [-0.1, -0.05) is 88.4 Å². The van der Waals surface area contributed by atoms with Gasteiger partial charge in [0.2, 0.25) is 23.6 Å². The van der Waals surface area contributed by atoms with Crippen molar-refractivity contribution >= 4 is 68.6 Å². The van der Waals surface area contributed by atoms with Crippen LogP contribution in [0.25, 0.3) is 21.8 Å². The SMILES string of the molecule is Cc1cccc2[nH]c(C(=O)N(C)[C@@H](CC(C)C)C(=O)N3C[C@]4(C[C@H]3C#N)C(=O)N(C)c3ccccc34)cc12.Cc1cccc2[nH]c(C(=O)N(C)[C@@H](CC(C)C)C(=O)N3C[C@]4(C[C@H]3C#N)C(=O)Nc3ccccc34)cc12. The Kier molecular flexibility index (Phi) is 13.7. The van der Waals surface area contributed by atoms with Gasteiger partial charge in [-0.15, -0.1) is 0 Å². The molecule has 4 aliphatic rings. The minimum Gasteiger partial charge on any atom is -0.351 e. The van der Waals surface area contributed by atoms with Gasteiger partial charge in [-0.3, -0.25) is 28.8 Å². The zero-order valence-electron chi connectivity index (χ0n) is 44.0. The topological polar surface area (TPSA) is 210 Å². The van der Waals surface area contributed by atoms with Gasteiger partial charge in [0, 0.05) is 80.3 Å². The predicted octanol–water partition coefficient (Wildman–Crippen LogP) is 7.98. The average molecular weight is 1010 g/mol. The first-order valence-corrected chi connectivity index (χ1v) is 25.6. The van der Waals surface area contributed by atoms with Gasteiger partial charge in [0.1, 0.15) is 35.6 Å². The number of nitrogens with zero attached hydrogens (tertiary/aromatic N) is 7. The van der Waals surface area contributed by atoms with Gasteiger partial charge >= 0.3 is 0 Å². The number of aromatic nitrogens is 2. The van der Waals surface area contributed by atoms with Gasteiger partial charge < -0.3 is 39.8 Å². The summed E-state index contributed by atoms with van der Waals surface area (Å²) in [5.41, 5.74) is 5.93. The fraction of sp³-hybridized carbons (Fsp3) is 0.390. The van der Waals surface area contributed by atoms with E-state index in [2.05, 4.69) is 27.4 Å². The molecule has 16 nitrogen and oxygen atoms in total. The van der Waals surface area contributed by atoms with Crippen molar-refractivity contribution in [2.24, 2.45) is 11.8 Å². The number of aromatic amines is 2. The second-order valence-electron chi connectivity index (χ2n) is 21.7. The third-order valence-electron chi connectivity index (χ3n) is 16.0. The Morgan fingerprint density at radius 1 is 0.653 bits per heavy atom. The summed E-state index contributed by atoms with van der Waals surface area (Å²) in [5, 5.41) is 24.9. The van der Waals surface area contributed by atoms with Crippen molar-refractivity contribution in [2.75, 3.05) is 44.4 Å². The Hall–Kier alpha value is -8.24. The smallest absolute Gasteiger partial charge is 0.270 e. The fourth-order valence-electron chi connectivity index (χ4n) is 11.9. The van der Waals surface area contributed by atoms with E-state index >= 15 is 0 Å². The van der Waals surface area contributed by atoms with E-state index in [-0.39, 0.29) is 73.2 Å². The molecule has 16 heteroatoms. The summed E-state index contributed by atoms with van der Waals surface area (Å²) in [7, 11) is 5.01. The average Bonchev–Trinajstić information content (AvgIpc) is 4.27. The van der Waals surface area contributed by atoms with E-state index in [1.165, 1.54) is 19.6 Å². The summed E-state index contributed by atoms with van der Waals surface area (Å²) in [6.07, 6.45) is 1.34. The molecule has 75 heavy (non-hydrogen) atoms. The number of carbonyl (C=O) groups excluding carboxylic acids is 6. The first-order valence-electron chi connectivity index (χ1n) is 25.6. The highest BCUT2D eigenvalue weighted by molar-refractivity contribution is 6.10. The minimum absolute atomic E-state index is 0.104. The molecule has 6 atom stereocenters. The summed E-state index contributed by atoms with van der Waals surface area (Å²) in [6.45, 7) is 12.2. The largest absolute Gasteiger partial charge is 0.351 e. The van der Waals surface area contributed by atoms with Crippen LogP contribution in [0.2, 0.25) is 0 Å². The predicted molar refractivity (Wildman–Crippen MR) is 286 cm³/mol. The van der Waals surface area contributed by atoms with Crippen LogP contribution in [0.3, 0.4) is 0 Å². The number of para-hydroxylation sites is 2. The lowest BCUT2D eigenvalue weighted by Gasteiger charge is -2.33. The molecule has 6 heterocycles. The molecule has 10 rings (SSSR count). The Bertz CT molecular complexity index is 3380. The van der Waals surface area contributed by atoms with Crippen molar-refractivity contribution in [3.8, 4) is 12.1 Å². The molecule has 6 aromatic rings. The molecule has 0 bridgehead atoms. The number of hydrogen-bond acceptors (Lipinski definition) is 8. The van der Waals surface area contributed by atoms with Crippen LogP contribution in [-0.2, 0) is 30.0 Å². The number of fused-ring (bicyclic) bond motifs is 6. The molecule has 2 spiro atoms. The highest BCUT2D eigenvalue weighted by Crippen LogP contribution is 2.49. The van der Waals surface area contributed by atoms with Gasteiger partial charge in [0.15, 0.2) is 0 Å². The quantitative estimate of drug-likeness (QED) is 0.122. The zero-order chi connectivity index (χ0) is 53.8. The normalized spacial score (nSPS) is 21.3. The summed E-state index contributed by atoms with van der Waals surface area (Å²) in [5.74, 6) is -1.23. The number of likely N-dealkylation sites (N-methyl/N-ethyl adjacent to an activating group) is 3. The molecule has 2 fully saturated rings. The van der Waals surface area contributed by atoms with E-state index in [1.807, 2.05) is 139 Å². The van der Waals surface area contributed by atoms with E-state index in [4.69, 9.17) is 0 Å². The van der Waals surface area contributed by atoms with Crippen LogP contribution in [0, 0.1) is 48.3 Å². The number of benzene rings is 4. The summed E-state index contributed by atoms with van der Waals surface area (Å²) >= 11 is 0. The van der Waals surface area contributed by atoms with Gasteiger partial charge in [-0.2, -0.15) is 10.5 Å². The van der Waals surface area contributed by atoms with Crippen LogP contribution < -0.4 is 10.2 Å². The molecule has 2 saturated heterocycles. The summed E-state index contributed by atoms with van der Waals surface area (Å²) in [4.78, 5) is 96.1. The number of anilines is 2. The molecule has 386 valence electrons. The first-order chi connectivity index (χ1) is 35.7. The second kappa shape index (κ2) is 19.9. The number of nitriles is 2. The van der Waals surface area contributed by atoms with Crippen LogP contribution in [0.1, 0.15) is 96.6 Å². The Labute approximate surface area is 437 Å². The number of hydrogen-bond donors (Lipinski definition) is 3. The number of H-pyrrole nitrogens is 2. The maximum absolute atomic E-state index is 14.1. The highest BCUT2D eigenvalue weighted by atomic mass is 16.2. The van der Waals surface area contributed by atoms with Gasteiger partial charge in [-0.05, 0) is 97.2 Å². The first kappa shape index (κ1) is 51.7. The number of likely N-dealkylation sites (tertiary alicyclic amines) is 2. The van der Waals surface area contributed by atoms with Gasteiger partial charge in [0.25, 0.3) is 11.8 Å². The Balaban J connectivity index is 0.000000184. The molecule has 4 aliphatic heterocycles. The molecule has 0 radical (unpaired) electrons. The Morgan fingerprint density at radius 3 is 1.59 bits per heavy atom. The van der Waals surface area contributed by atoms with Crippen LogP contribution in [-0.4, -0.2) is 123 Å². The molecule has 0 saturated carbocycles. The Morgan fingerprint density at radius 2 is 1.11 bits per heavy atom. The standard InChI is InChI=1S/C30H33N5O3.C29H31N5O3/c1-18(2)13-26(33(4)27(36)24-14-21-19(3)9-8-11-23(21)32-24)28(37)35-17-30(15-20(35)16-31)22-10-6-7-12-25(22)34(5)29(30)38;1-17(2)12-25(33(4)26(35)24-13-20-18(3)8-7-11-22(20)31-24)27(36)34-16-29(14-19(34)15-30)21-9-5-6-10-23(21)32-28(29)37/h6-12,14,18,20,26,32H,13,15,17H2,1-5H3;5-11,13,17,19,25,31H,12,14,16H2,1-4H3,(H,32,37)/t20-,26-,30-;19-,25-,29-/m00/s1. The maximum Gasteiger partial charge on any atom is 0.270 e. The van der Waals surface area contributed by atoms with E-state index < -0.39 is 35.0 Å². The molecule has 6 amide bonds. The van der Waals surface area contributed by atoms with E-state index in [0.29, 0.717) is 24.2 Å². The van der Waals surface area contributed by atoms with Crippen molar-refractivity contribution in [1.29, 1.82) is 10.5 Å². The van der Waals surface area contributed by atoms with E-state index in [1.54, 1.807) is 26.0 Å². The number of aryl methyl sites for hydroxylation is 2. The third-order valence-corrected chi connectivity index (χ3v) is 16.0. The van der Waals surface area contributed by atoms with Crippen LogP contribution >= 0.6 is 0 Å². The van der Waals surface area contributed by atoms with Crippen molar-refractivity contribution in [2.45, 2.75) is 102 Å². The summed E-state index contributed by atoms with van der Waals surface area (Å²) < 4.78 is 0. The van der Waals surface area contributed by atoms with Crippen molar-refractivity contribution in [3.63, 3.8) is 0 Å². The van der Waals surface area contributed by atoms with Crippen LogP contribution in [0.4, 0.5) is 11.4 Å². The monoisotopic (exact) mass is 1010 g/mol. The molecule has 3 N–H and O–H groups in total. The van der Waals surface area contributed by atoms with Gasteiger partial charge in [-0.25, -0.2) is 0 Å². The molecule has 0 aliphatic carbocycles. The van der Waals surface area contributed by atoms with Crippen molar-refractivity contribution in [1.82, 2.24) is 29.6 Å². The third kappa shape index (κ3) is 8.85. The number of rotatable bonds is 10. The number of amides is 6. The molecule has 2 aromatic heterocycles. The lowest BCUT2D eigenvalue weighted by molar-refractivity contribution is -0.137. The lowest BCUT2D eigenvalue weighted by Crippen LogP contribution is -2.52. The number of carbonyl (C=O) groups is 6. The second-order valence-corrected chi connectivity index (χ2v) is 21.7. The summed E-state index contributed by atoms with van der Waals surface area (Å²) in [6, 6.07) is 31.8. The van der Waals surface area contributed by atoms with Crippen LogP contribution in [0.5, 0.6) is 0 Å². The van der Waals surface area contributed by atoms with E-state index in [9.17, 15) is 39.3 Å². The maximum atomic E-state index is 14.1.